The Hall–Kier alpha value is -1.94. The molecular weight excluding hydrogens is 360 g/mol. The van der Waals surface area contributed by atoms with Crippen LogP contribution in [0.4, 0.5) is 0 Å². The molecule has 0 aromatic heterocycles. The van der Waals surface area contributed by atoms with Gasteiger partial charge in [0, 0.05) is 0 Å². The molecule has 0 aliphatic rings. The van der Waals surface area contributed by atoms with E-state index >= 15 is 0 Å². The van der Waals surface area contributed by atoms with Gasteiger partial charge in [-0.25, -0.2) is 16.8 Å². The predicted octanol–water partition coefficient (Wildman–Crippen LogP) is -0.138. The first-order valence-electron chi connectivity index (χ1n) is 6.69. The van der Waals surface area contributed by atoms with Crippen molar-refractivity contribution in [3.8, 4) is 0 Å². The first-order valence-corrected chi connectivity index (χ1v) is 10.3. The smallest absolute Gasteiger partial charge is 0.320 e. The molecule has 0 atom stereocenters. The summed E-state index contributed by atoms with van der Waals surface area (Å²) in [7, 11) is -5.14. The van der Waals surface area contributed by atoms with Gasteiger partial charge in [0.15, 0.2) is 19.7 Å². The average molecular weight is 378 g/mol. The van der Waals surface area contributed by atoms with Crippen LogP contribution in [-0.2, 0) is 50.2 Å². The van der Waals surface area contributed by atoms with Crippen LogP contribution in [0, 0.1) is 0 Å². The fourth-order valence-corrected chi connectivity index (χ4v) is 4.38. The highest BCUT2D eigenvalue weighted by molar-refractivity contribution is 7.91. The number of hydrogen-bond acceptors (Lipinski definition) is 8. The molecule has 1 aromatic rings. The minimum Gasteiger partial charge on any atom is -0.468 e. The molecular formula is C14H18O8S2. The van der Waals surface area contributed by atoms with Gasteiger partial charge in [-0.3, -0.25) is 9.59 Å². The maximum absolute atomic E-state index is 11.8. The molecule has 0 bridgehead atoms. The molecule has 8 nitrogen and oxygen atoms in total. The van der Waals surface area contributed by atoms with Gasteiger partial charge in [-0.05, 0) is 11.1 Å². The molecule has 0 aliphatic carbocycles. The third-order valence-electron chi connectivity index (χ3n) is 2.93. The molecule has 0 heterocycles. The van der Waals surface area contributed by atoms with E-state index in [2.05, 4.69) is 9.47 Å². The van der Waals surface area contributed by atoms with E-state index < -0.39 is 43.1 Å². The van der Waals surface area contributed by atoms with Crippen LogP contribution in [0.3, 0.4) is 0 Å². The zero-order chi connectivity index (χ0) is 18.4. The summed E-state index contributed by atoms with van der Waals surface area (Å²) in [6, 6.07) is 5.82. The van der Waals surface area contributed by atoms with E-state index in [4.69, 9.17) is 0 Å². The Kier molecular flexibility index (Phi) is 6.91. The van der Waals surface area contributed by atoms with Crippen molar-refractivity contribution < 1.29 is 35.9 Å². The van der Waals surface area contributed by atoms with E-state index in [1.807, 2.05) is 0 Å². The topological polar surface area (TPSA) is 121 Å². The summed E-state index contributed by atoms with van der Waals surface area (Å²) >= 11 is 0. The van der Waals surface area contributed by atoms with E-state index in [1.54, 1.807) is 0 Å². The van der Waals surface area contributed by atoms with Crippen molar-refractivity contribution in [3.05, 3.63) is 35.4 Å². The second kappa shape index (κ2) is 8.25. The normalized spacial score (nSPS) is 11.8. The van der Waals surface area contributed by atoms with E-state index in [0.717, 1.165) is 14.2 Å². The van der Waals surface area contributed by atoms with Crippen LogP contribution < -0.4 is 0 Å². The molecule has 10 heteroatoms. The Morgan fingerprint density at radius 2 is 1.04 bits per heavy atom. The van der Waals surface area contributed by atoms with Crippen LogP contribution >= 0.6 is 0 Å². The average Bonchev–Trinajstić information content (AvgIpc) is 2.47. The quantitative estimate of drug-likeness (QED) is 0.573. The van der Waals surface area contributed by atoms with Crippen LogP contribution in [0.1, 0.15) is 11.1 Å². The van der Waals surface area contributed by atoms with Gasteiger partial charge in [0.25, 0.3) is 0 Å². The molecule has 0 unspecified atom stereocenters. The minimum atomic E-state index is -3.67. The van der Waals surface area contributed by atoms with Crippen LogP contribution in [0.15, 0.2) is 24.3 Å². The molecule has 0 N–H and O–H groups in total. The predicted molar refractivity (Wildman–Crippen MR) is 85.5 cm³/mol. The summed E-state index contributed by atoms with van der Waals surface area (Å²) in [5, 5.41) is 0. The molecule has 0 fully saturated rings. The molecule has 0 saturated carbocycles. The summed E-state index contributed by atoms with van der Waals surface area (Å²) in [5.41, 5.74) is 0.820. The maximum Gasteiger partial charge on any atom is 0.320 e. The standard InChI is InChI=1S/C14H18O8S2/c1-21-13(15)9-23(17,18)7-11-3-5-12(6-4-11)8-24(19,20)10-14(16)22-2/h3-6H,7-10H2,1-2H3. The minimum absolute atomic E-state index is 0.364. The highest BCUT2D eigenvalue weighted by Gasteiger charge is 2.19. The first-order chi connectivity index (χ1) is 11.1. The van der Waals surface area contributed by atoms with E-state index in [0.29, 0.717) is 11.1 Å². The third-order valence-corrected chi connectivity index (χ3v) is 5.82. The van der Waals surface area contributed by atoms with Crippen LogP contribution in [0.2, 0.25) is 0 Å². The number of esters is 2. The SMILES string of the molecule is COC(=O)CS(=O)(=O)Cc1ccc(CS(=O)(=O)CC(=O)OC)cc1. The maximum atomic E-state index is 11.8. The molecule has 1 rings (SSSR count). The van der Waals surface area contributed by atoms with Crippen molar-refractivity contribution in [2.75, 3.05) is 25.7 Å². The van der Waals surface area contributed by atoms with E-state index in [1.165, 1.54) is 24.3 Å². The molecule has 1 aromatic carbocycles. The zero-order valence-corrected chi connectivity index (χ0v) is 14.9. The van der Waals surface area contributed by atoms with Gasteiger partial charge < -0.3 is 9.47 Å². The molecule has 24 heavy (non-hydrogen) atoms. The molecule has 0 saturated heterocycles. The van der Waals surface area contributed by atoms with Crippen molar-refractivity contribution in [1.82, 2.24) is 0 Å². The number of ether oxygens (including phenoxy) is 2. The Labute approximate surface area is 140 Å². The van der Waals surface area contributed by atoms with Gasteiger partial charge in [0.1, 0.15) is 11.5 Å². The molecule has 0 aliphatic heterocycles. The number of methoxy groups -OCH3 is 2. The Morgan fingerprint density at radius 3 is 1.29 bits per heavy atom. The van der Waals surface area contributed by atoms with Crippen LogP contribution in [-0.4, -0.2) is 54.5 Å². The molecule has 0 spiro atoms. The second-order valence-corrected chi connectivity index (χ2v) is 9.16. The van der Waals surface area contributed by atoms with Crippen molar-refractivity contribution in [3.63, 3.8) is 0 Å². The van der Waals surface area contributed by atoms with Gasteiger partial charge in [0.2, 0.25) is 0 Å². The summed E-state index contributed by atoms with van der Waals surface area (Å²) in [4.78, 5) is 22.1. The highest BCUT2D eigenvalue weighted by atomic mass is 32.2. The molecule has 134 valence electrons. The van der Waals surface area contributed by atoms with Gasteiger partial charge in [-0.15, -0.1) is 0 Å². The lowest BCUT2D eigenvalue weighted by atomic mass is 10.2. The molecule has 0 amide bonds. The van der Waals surface area contributed by atoms with Crippen molar-refractivity contribution >= 4 is 31.6 Å². The van der Waals surface area contributed by atoms with Crippen LogP contribution in [0.25, 0.3) is 0 Å². The lowest BCUT2D eigenvalue weighted by Crippen LogP contribution is -2.19. The fourth-order valence-electron chi connectivity index (χ4n) is 1.82. The monoisotopic (exact) mass is 378 g/mol. The fraction of sp³-hybridized carbons (Fsp3) is 0.429. The van der Waals surface area contributed by atoms with Crippen molar-refractivity contribution in [1.29, 1.82) is 0 Å². The lowest BCUT2D eigenvalue weighted by molar-refractivity contribution is -0.138. The largest absolute Gasteiger partial charge is 0.468 e. The summed E-state index contributed by atoms with van der Waals surface area (Å²) in [6.07, 6.45) is 0. The number of sulfone groups is 2. The summed E-state index contributed by atoms with van der Waals surface area (Å²) in [6.45, 7) is 0. The summed E-state index contributed by atoms with van der Waals surface area (Å²) < 4.78 is 55.8. The lowest BCUT2D eigenvalue weighted by Gasteiger charge is -2.06. The number of benzene rings is 1. The zero-order valence-electron chi connectivity index (χ0n) is 13.2. The van der Waals surface area contributed by atoms with Crippen LogP contribution in [0.5, 0.6) is 0 Å². The van der Waals surface area contributed by atoms with E-state index in [-0.39, 0.29) is 11.5 Å². The van der Waals surface area contributed by atoms with Gasteiger partial charge >= 0.3 is 11.9 Å². The first kappa shape index (κ1) is 20.1. The molecule has 0 radical (unpaired) electrons. The number of carbonyl (C=O) groups excluding carboxylic acids is 2. The number of carbonyl (C=O) groups is 2. The summed E-state index contributed by atoms with van der Waals surface area (Å²) in [5.74, 6) is -3.87. The third kappa shape index (κ3) is 7.09. The second-order valence-electron chi connectivity index (χ2n) is 5.03. The van der Waals surface area contributed by atoms with Crippen molar-refractivity contribution in [2.45, 2.75) is 11.5 Å². The van der Waals surface area contributed by atoms with Gasteiger partial charge in [0.05, 0.1) is 25.7 Å². The number of hydrogen-bond donors (Lipinski definition) is 0. The Bertz CT molecular complexity index is 723. The van der Waals surface area contributed by atoms with Gasteiger partial charge in [-0.2, -0.15) is 0 Å². The van der Waals surface area contributed by atoms with E-state index in [9.17, 15) is 26.4 Å². The van der Waals surface area contributed by atoms with Gasteiger partial charge in [-0.1, -0.05) is 24.3 Å². The van der Waals surface area contributed by atoms with Crippen molar-refractivity contribution in [2.24, 2.45) is 0 Å². The number of rotatable bonds is 8. The highest BCUT2D eigenvalue weighted by Crippen LogP contribution is 2.12. The Balaban J connectivity index is 2.76. The Morgan fingerprint density at radius 1 is 0.750 bits per heavy atom.